The molecule has 0 amide bonds. The summed E-state index contributed by atoms with van der Waals surface area (Å²) in [7, 11) is 1.49. The van der Waals surface area contributed by atoms with Crippen molar-refractivity contribution < 1.29 is 24.9 Å². The second-order valence-electron chi connectivity index (χ2n) is 10.1. The normalized spacial score (nSPS) is 28.3. The first-order chi connectivity index (χ1) is 17.7. The number of nitrogens with zero attached hydrogens (tertiary/aromatic N) is 4. The average molecular weight is 510 g/mol. The number of aromatic hydroxyl groups is 1. The van der Waals surface area contributed by atoms with Crippen LogP contribution in [0.1, 0.15) is 56.1 Å². The molecule has 2 aromatic rings. The largest absolute Gasteiger partial charge is 0.504 e. The van der Waals surface area contributed by atoms with Gasteiger partial charge >= 0.3 is 5.69 Å². The molecule has 37 heavy (non-hydrogen) atoms. The number of phenolic OH excluding ortho intramolecular Hbond substituents is 1. The third kappa shape index (κ3) is 3.92. The number of hydrogen-bond acceptors (Lipinski definition) is 10. The zero-order valence-electron chi connectivity index (χ0n) is 20.4. The van der Waals surface area contributed by atoms with Gasteiger partial charge in [0.1, 0.15) is 5.69 Å². The third-order valence-corrected chi connectivity index (χ3v) is 8.49. The van der Waals surface area contributed by atoms with Crippen molar-refractivity contribution in [3.05, 3.63) is 61.7 Å². The highest BCUT2D eigenvalue weighted by molar-refractivity contribution is 6.04. The maximum Gasteiger partial charge on any atom is 0.301 e. The van der Waals surface area contributed by atoms with E-state index >= 15 is 0 Å². The molecule has 4 atom stereocenters. The Kier molecular flexibility index (Phi) is 5.97. The van der Waals surface area contributed by atoms with E-state index in [1.54, 1.807) is 6.07 Å². The molecular weight excluding hydrogens is 482 g/mol. The Morgan fingerprint density at radius 3 is 2.62 bits per heavy atom. The lowest BCUT2D eigenvalue weighted by Gasteiger charge is -2.49. The highest BCUT2D eigenvalue weighted by atomic mass is 16.6. The van der Waals surface area contributed by atoms with Gasteiger partial charge in [-0.25, -0.2) is 0 Å². The molecule has 2 fully saturated rings. The van der Waals surface area contributed by atoms with Gasteiger partial charge in [-0.05, 0) is 73.6 Å². The van der Waals surface area contributed by atoms with E-state index in [0.29, 0.717) is 17.9 Å². The van der Waals surface area contributed by atoms with Gasteiger partial charge in [-0.2, -0.15) is 5.10 Å². The van der Waals surface area contributed by atoms with E-state index in [4.69, 9.17) is 4.74 Å². The Bertz CT molecular complexity index is 1360. The first kappa shape index (κ1) is 24.5. The highest BCUT2D eigenvalue weighted by Crippen LogP contribution is 2.60. The first-order valence-electron chi connectivity index (χ1n) is 12.1. The quantitative estimate of drug-likeness (QED) is 0.281. The van der Waals surface area contributed by atoms with Gasteiger partial charge in [0.05, 0.1) is 34.4 Å². The number of benzene rings is 2. The van der Waals surface area contributed by atoms with Gasteiger partial charge in [0.15, 0.2) is 11.5 Å². The minimum atomic E-state index is -0.697. The van der Waals surface area contributed by atoms with Crippen molar-refractivity contribution >= 4 is 28.5 Å². The molecule has 194 valence electrons. The summed E-state index contributed by atoms with van der Waals surface area (Å²) in [4.78, 5) is 21.3. The van der Waals surface area contributed by atoms with E-state index in [-0.39, 0.29) is 34.6 Å². The molecule has 3 N–H and O–H groups in total. The molecule has 3 aliphatic rings. The lowest BCUT2D eigenvalue weighted by Crippen LogP contribution is -2.43. The van der Waals surface area contributed by atoms with E-state index in [1.165, 1.54) is 19.2 Å². The van der Waals surface area contributed by atoms with Crippen molar-refractivity contribution in [3.63, 3.8) is 0 Å². The summed E-state index contributed by atoms with van der Waals surface area (Å²) in [5, 5.41) is 51.0. The second-order valence-corrected chi connectivity index (χ2v) is 10.1. The maximum absolute atomic E-state index is 11.6. The monoisotopic (exact) mass is 509 g/mol. The van der Waals surface area contributed by atoms with Gasteiger partial charge in [-0.1, -0.05) is 12.1 Å². The van der Waals surface area contributed by atoms with E-state index in [2.05, 4.69) is 22.6 Å². The van der Waals surface area contributed by atoms with Crippen LogP contribution in [0.4, 0.5) is 17.1 Å². The van der Waals surface area contributed by atoms with Gasteiger partial charge in [0.25, 0.3) is 5.69 Å². The van der Waals surface area contributed by atoms with E-state index in [0.717, 1.165) is 48.6 Å². The van der Waals surface area contributed by atoms with Gasteiger partial charge in [-0.15, -0.1) is 0 Å². The van der Waals surface area contributed by atoms with Gasteiger partial charge < -0.3 is 15.1 Å². The molecule has 0 aromatic heterocycles. The van der Waals surface area contributed by atoms with Crippen LogP contribution < -0.4 is 10.2 Å². The molecule has 0 bridgehead atoms. The van der Waals surface area contributed by atoms with Crippen molar-refractivity contribution in [3.8, 4) is 11.5 Å². The molecule has 0 heterocycles. The predicted molar refractivity (Wildman–Crippen MR) is 135 cm³/mol. The molecule has 2 saturated carbocycles. The molecule has 0 unspecified atom stereocenters. The number of hydrogen-bond donors (Lipinski definition) is 3. The molecule has 5 rings (SSSR count). The Morgan fingerprint density at radius 1 is 1.16 bits per heavy atom. The minimum Gasteiger partial charge on any atom is -0.504 e. The van der Waals surface area contributed by atoms with Crippen LogP contribution >= 0.6 is 0 Å². The number of methoxy groups -OCH3 is 1. The number of phenols is 1. The van der Waals surface area contributed by atoms with Crippen LogP contribution in [0.5, 0.6) is 11.5 Å². The summed E-state index contributed by atoms with van der Waals surface area (Å²) in [6, 6.07) is 6.78. The van der Waals surface area contributed by atoms with Crippen LogP contribution in [-0.2, 0) is 0 Å². The summed E-state index contributed by atoms with van der Waals surface area (Å²) < 4.78 is 5.38. The summed E-state index contributed by atoms with van der Waals surface area (Å²) in [5.74, 6) is 0.935. The molecule has 0 radical (unpaired) electrons. The number of hydrazone groups is 1. The van der Waals surface area contributed by atoms with Gasteiger partial charge in [-0.3, -0.25) is 25.7 Å². The standard InChI is InChI=1S/C25H27N5O7/c1-25-8-7-14-15-12-23(37-2)22(31)11-17(15)20(10-16(14)18(25)4-6-24(25)28-32)27-26-19-5-3-13(29(33)34)9-21(19)30(35)36/h3,5,9,11-12,14,16,18,26,31-32H,4,6-8,10H2,1-2H3/b27-20+,28-24-/t14-,16-,18+,25+/m1/s1. The van der Waals surface area contributed by atoms with Gasteiger partial charge in [0.2, 0.25) is 0 Å². The van der Waals surface area contributed by atoms with Crippen molar-refractivity contribution in [2.45, 2.75) is 44.9 Å². The highest BCUT2D eigenvalue weighted by Gasteiger charge is 2.54. The van der Waals surface area contributed by atoms with E-state index in [9.17, 15) is 30.5 Å². The fourth-order valence-electron chi connectivity index (χ4n) is 6.66. The van der Waals surface area contributed by atoms with Gasteiger partial charge in [0, 0.05) is 17.0 Å². The molecule has 2 aromatic carbocycles. The SMILES string of the molecule is COc1cc2c(cc1O)/C(=N/Nc1ccc([N+](=O)[O-])cc1[N+](=O)[O-])C[C@@H]1[C@@H]2CC[C@]2(C)/C(=N\O)CC[C@@H]12. The Balaban J connectivity index is 1.58. The third-order valence-electron chi connectivity index (χ3n) is 8.49. The maximum atomic E-state index is 11.6. The lowest BCUT2D eigenvalue weighted by molar-refractivity contribution is -0.393. The summed E-state index contributed by atoms with van der Waals surface area (Å²) in [5.41, 5.74) is 4.85. The molecule has 0 aliphatic heterocycles. The number of oxime groups is 1. The van der Waals surface area contributed by atoms with E-state index in [1.807, 2.05) is 6.07 Å². The number of non-ortho nitro benzene ring substituents is 1. The number of nitrogens with one attached hydrogen (secondary N) is 1. The zero-order valence-corrected chi connectivity index (χ0v) is 20.4. The number of nitro benzene ring substituents is 2. The minimum absolute atomic E-state index is 0.0218. The van der Waals surface area contributed by atoms with Crippen molar-refractivity contribution in [2.75, 3.05) is 12.5 Å². The summed E-state index contributed by atoms with van der Waals surface area (Å²) >= 11 is 0. The Morgan fingerprint density at radius 2 is 1.95 bits per heavy atom. The van der Waals surface area contributed by atoms with Crippen LogP contribution in [0.2, 0.25) is 0 Å². The number of rotatable bonds is 5. The Hall–Kier alpha value is -4.22. The Labute approximate surface area is 211 Å². The van der Waals surface area contributed by atoms with Crippen molar-refractivity contribution in [2.24, 2.45) is 27.5 Å². The van der Waals surface area contributed by atoms with Crippen LogP contribution in [0.15, 0.2) is 40.6 Å². The fourth-order valence-corrected chi connectivity index (χ4v) is 6.66. The molecule has 12 nitrogen and oxygen atoms in total. The molecule has 0 saturated heterocycles. The number of fused-ring (bicyclic) bond motifs is 5. The average Bonchev–Trinajstić information content (AvgIpc) is 3.23. The molecular formula is C25H27N5O7. The molecule has 3 aliphatic carbocycles. The molecule has 12 heteroatoms. The first-order valence-corrected chi connectivity index (χ1v) is 12.1. The number of nitro groups is 2. The topological polar surface area (TPSA) is 173 Å². The summed E-state index contributed by atoms with van der Waals surface area (Å²) in [6.07, 6.45) is 3.91. The number of anilines is 1. The van der Waals surface area contributed by atoms with Crippen molar-refractivity contribution in [1.82, 2.24) is 0 Å². The summed E-state index contributed by atoms with van der Waals surface area (Å²) in [6.45, 7) is 2.15. The van der Waals surface area contributed by atoms with Crippen LogP contribution in [-0.4, -0.2) is 38.7 Å². The van der Waals surface area contributed by atoms with Crippen LogP contribution in [0.25, 0.3) is 0 Å². The van der Waals surface area contributed by atoms with Crippen molar-refractivity contribution in [1.29, 1.82) is 0 Å². The zero-order chi connectivity index (χ0) is 26.5. The smallest absolute Gasteiger partial charge is 0.301 e. The van der Waals surface area contributed by atoms with Crippen LogP contribution in [0, 0.1) is 37.5 Å². The molecule has 0 spiro atoms. The predicted octanol–water partition coefficient (Wildman–Crippen LogP) is 5.18. The van der Waals surface area contributed by atoms with E-state index < -0.39 is 21.2 Å². The van der Waals surface area contributed by atoms with Crippen LogP contribution in [0.3, 0.4) is 0 Å². The lowest BCUT2D eigenvalue weighted by atomic mass is 9.55. The second kappa shape index (κ2) is 9.02. The fraction of sp³-hybridized carbons (Fsp3) is 0.440. The number of ether oxygens (including phenoxy) is 1.